The van der Waals surface area contributed by atoms with E-state index in [4.69, 9.17) is 0 Å². The maximum absolute atomic E-state index is 12.6. The van der Waals surface area contributed by atoms with E-state index in [1.54, 1.807) is 6.20 Å². The highest BCUT2D eigenvalue weighted by Crippen LogP contribution is 2.37. The number of anilines is 1. The zero-order valence-electron chi connectivity index (χ0n) is 15.4. The Labute approximate surface area is 169 Å². The first-order valence-corrected chi connectivity index (χ1v) is 9.43. The Bertz CT molecular complexity index is 1010. The molecule has 0 bridgehead atoms. The van der Waals surface area contributed by atoms with Crippen LogP contribution in [0, 0.1) is 0 Å². The molecule has 0 unspecified atom stereocenters. The lowest BCUT2D eigenvalue weighted by molar-refractivity contribution is 0.102. The van der Waals surface area contributed by atoms with Crippen LogP contribution in [0.1, 0.15) is 40.5 Å². The van der Waals surface area contributed by atoms with Crippen molar-refractivity contribution in [2.75, 3.05) is 18.4 Å². The minimum Gasteiger partial charge on any atom is -0.321 e. The molecule has 1 aliphatic carbocycles. The van der Waals surface area contributed by atoms with Crippen LogP contribution in [0.3, 0.4) is 0 Å². The number of benzene rings is 2. The molecule has 2 N–H and O–H groups in total. The second kappa shape index (κ2) is 7.73. The molecule has 2 aliphatic rings. The summed E-state index contributed by atoms with van der Waals surface area (Å²) >= 11 is 0. The standard InChI is InChI=1S/C21H21N5O.ClH/c27-21(20-13-26(25-24-20)17-7-9-22-10-8-17)23-16-5-6-19-15(12-16)11-14-3-1-2-4-18(14)19;/h1-6,12-13,17,22H,7-11H2,(H,23,27);1H. The van der Waals surface area contributed by atoms with Gasteiger partial charge in [0, 0.05) is 5.69 Å². The molecule has 144 valence electrons. The Morgan fingerprint density at radius 3 is 2.71 bits per heavy atom. The van der Waals surface area contributed by atoms with Crippen molar-refractivity contribution in [3.05, 3.63) is 65.5 Å². The molecule has 1 saturated heterocycles. The Balaban J connectivity index is 0.00000192. The Kier molecular flexibility index (Phi) is 5.15. The summed E-state index contributed by atoms with van der Waals surface area (Å²) in [7, 11) is 0. The fourth-order valence-corrected chi connectivity index (χ4v) is 4.05. The number of carbonyl (C=O) groups is 1. The molecule has 1 amide bonds. The van der Waals surface area contributed by atoms with Gasteiger partial charge in [-0.15, -0.1) is 17.5 Å². The summed E-state index contributed by atoms with van der Waals surface area (Å²) in [5.74, 6) is -0.217. The van der Waals surface area contributed by atoms with Gasteiger partial charge in [-0.2, -0.15) is 0 Å². The van der Waals surface area contributed by atoms with Crippen LogP contribution in [-0.2, 0) is 6.42 Å². The summed E-state index contributed by atoms with van der Waals surface area (Å²) in [6.07, 6.45) is 4.68. The molecule has 1 aromatic heterocycles. The van der Waals surface area contributed by atoms with Gasteiger partial charge in [-0.1, -0.05) is 35.5 Å². The van der Waals surface area contributed by atoms with Crippen molar-refractivity contribution in [3.8, 4) is 11.1 Å². The van der Waals surface area contributed by atoms with Crippen molar-refractivity contribution < 1.29 is 4.79 Å². The fourth-order valence-electron chi connectivity index (χ4n) is 4.05. The van der Waals surface area contributed by atoms with Crippen molar-refractivity contribution in [1.29, 1.82) is 0 Å². The van der Waals surface area contributed by atoms with E-state index in [0.717, 1.165) is 38.0 Å². The minimum absolute atomic E-state index is 0. The van der Waals surface area contributed by atoms with Gasteiger partial charge in [0.2, 0.25) is 0 Å². The third-order valence-corrected chi connectivity index (χ3v) is 5.48. The third kappa shape index (κ3) is 3.41. The third-order valence-electron chi connectivity index (χ3n) is 5.48. The molecule has 1 aliphatic heterocycles. The van der Waals surface area contributed by atoms with Gasteiger partial charge < -0.3 is 10.6 Å². The molecule has 0 atom stereocenters. The average molecular weight is 396 g/mol. The molecule has 0 radical (unpaired) electrons. The number of nitrogens with zero attached hydrogens (tertiary/aromatic N) is 3. The summed E-state index contributed by atoms with van der Waals surface area (Å²) in [6.45, 7) is 1.95. The highest BCUT2D eigenvalue weighted by Gasteiger charge is 2.20. The Morgan fingerprint density at radius 2 is 1.86 bits per heavy atom. The highest BCUT2D eigenvalue weighted by molar-refractivity contribution is 6.02. The first kappa shape index (κ1) is 18.7. The quantitative estimate of drug-likeness (QED) is 0.557. The number of piperidine rings is 1. The maximum Gasteiger partial charge on any atom is 0.277 e. The second-order valence-electron chi connectivity index (χ2n) is 7.22. The van der Waals surface area contributed by atoms with Crippen LogP contribution >= 0.6 is 12.4 Å². The first-order valence-electron chi connectivity index (χ1n) is 9.43. The molecule has 7 heteroatoms. The van der Waals surface area contributed by atoms with E-state index in [1.807, 2.05) is 10.7 Å². The number of hydrogen-bond donors (Lipinski definition) is 2. The van der Waals surface area contributed by atoms with Gasteiger partial charge in [0.1, 0.15) is 0 Å². The van der Waals surface area contributed by atoms with Crippen LogP contribution in [0.15, 0.2) is 48.7 Å². The van der Waals surface area contributed by atoms with E-state index >= 15 is 0 Å². The molecule has 0 spiro atoms. The summed E-state index contributed by atoms with van der Waals surface area (Å²) < 4.78 is 1.83. The summed E-state index contributed by atoms with van der Waals surface area (Å²) in [5.41, 5.74) is 6.27. The topological polar surface area (TPSA) is 71.8 Å². The van der Waals surface area contributed by atoms with E-state index in [9.17, 15) is 4.79 Å². The van der Waals surface area contributed by atoms with Crippen LogP contribution in [0.25, 0.3) is 11.1 Å². The summed E-state index contributed by atoms with van der Waals surface area (Å²) in [5, 5.41) is 14.5. The first-order chi connectivity index (χ1) is 13.3. The van der Waals surface area contributed by atoms with Gasteiger partial charge >= 0.3 is 0 Å². The van der Waals surface area contributed by atoms with Crippen LogP contribution in [0.5, 0.6) is 0 Å². The lowest BCUT2D eigenvalue weighted by atomic mass is 10.1. The smallest absolute Gasteiger partial charge is 0.277 e. The van der Waals surface area contributed by atoms with Crippen molar-refractivity contribution >= 4 is 24.0 Å². The molecular weight excluding hydrogens is 374 g/mol. The van der Waals surface area contributed by atoms with Gasteiger partial charge in [-0.05, 0) is 66.7 Å². The number of fused-ring (bicyclic) bond motifs is 3. The zero-order chi connectivity index (χ0) is 18.2. The van der Waals surface area contributed by atoms with Crippen LogP contribution in [0.4, 0.5) is 5.69 Å². The predicted molar refractivity (Wildman–Crippen MR) is 111 cm³/mol. The van der Waals surface area contributed by atoms with Gasteiger partial charge in [-0.3, -0.25) is 4.79 Å². The second-order valence-corrected chi connectivity index (χ2v) is 7.22. The van der Waals surface area contributed by atoms with Crippen molar-refractivity contribution in [2.24, 2.45) is 0 Å². The van der Waals surface area contributed by atoms with E-state index in [2.05, 4.69) is 57.3 Å². The van der Waals surface area contributed by atoms with E-state index < -0.39 is 0 Å². The lowest BCUT2D eigenvalue weighted by Gasteiger charge is -2.22. The van der Waals surface area contributed by atoms with Crippen molar-refractivity contribution in [3.63, 3.8) is 0 Å². The molecule has 3 aromatic rings. The molecular formula is C21H22ClN5O. The normalized spacial score (nSPS) is 15.4. The van der Waals surface area contributed by atoms with Gasteiger partial charge in [0.15, 0.2) is 5.69 Å². The van der Waals surface area contributed by atoms with Crippen LogP contribution in [0.2, 0.25) is 0 Å². The zero-order valence-corrected chi connectivity index (χ0v) is 16.2. The summed E-state index contributed by atoms with van der Waals surface area (Å²) in [6, 6.07) is 14.9. The molecule has 1 fully saturated rings. The molecule has 28 heavy (non-hydrogen) atoms. The van der Waals surface area contributed by atoms with Gasteiger partial charge in [-0.25, -0.2) is 4.68 Å². The monoisotopic (exact) mass is 395 g/mol. The Hall–Kier alpha value is -2.70. The lowest BCUT2D eigenvalue weighted by Crippen LogP contribution is -2.29. The number of rotatable bonds is 3. The Morgan fingerprint density at radius 1 is 1.07 bits per heavy atom. The predicted octanol–water partition coefficient (Wildman–Crippen LogP) is 3.45. The summed E-state index contributed by atoms with van der Waals surface area (Å²) in [4.78, 5) is 12.6. The minimum atomic E-state index is -0.217. The van der Waals surface area contributed by atoms with Crippen molar-refractivity contribution in [2.45, 2.75) is 25.3 Å². The number of halogens is 1. The molecule has 2 aromatic carbocycles. The van der Waals surface area contributed by atoms with E-state index in [-0.39, 0.29) is 18.3 Å². The number of nitrogens with one attached hydrogen (secondary N) is 2. The molecule has 0 saturated carbocycles. The van der Waals surface area contributed by atoms with E-state index in [1.165, 1.54) is 22.3 Å². The number of amides is 1. The van der Waals surface area contributed by atoms with Crippen molar-refractivity contribution in [1.82, 2.24) is 20.3 Å². The molecule has 5 rings (SSSR count). The number of carbonyl (C=O) groups excluding carboxylic acids is 1. The maximum atomic E-state index is 12.6. The van der Waals surface area contributed by atoms with E-state index in [0.29, 0.717) is 11.7 Å². The number of aromatic nitrogens is 3. The average Bonchev–Trinajstić information content (AvgIpc) is 3.33. The molecule has 6 nitrogen and oxygen atoms in total. The van der Waals surface area contributed by atoms with Crippen LogP contribution < -0.4 is 10.6 Å². The number of hydrogen-bond acceptors (Lipinski definition) is 4. The molecule has 2 heterocycles. The van der Waals surface area contributed by atoms with Crippen LogP contribution in [-0.4, -0.2) is 34.0 Å². The van der Waals surface area contributed by atoms with Gasteiger partial charge in [0.05, 0.1) is 12.2 Å². The highest BCUT2D eigenvalue weighted by atomic mass is 35.5. The largest absolute Gasteiger partial charge is 0.321 e. The fraction of sp³-hybridized carbons (Fsp3) is 0.286. The SMILES string of the molecule is Cl.O=C(Nc1ccc2c(c1)Cc1ccccc1-2)c1cn(C2CCNCC2)nn1. The van der Waals surface area contributed by atoms with Gasteiger partial charge in [0.25, 0.3) is 5.91 Å².